The van der Waals surface area contributed by atoms with Crippen LogP contribution in [0.2, 0.25) is 0 Å². The Morgan fingerprint density at radius 1 is 1.02 bits per heavy atom. The fraction of sp³-hybridized carbons (Fsp3) is 0.429. The van der Waals surface area contributed by atoms with Crippen LogP contribution in [0.15, 0.2) is 36.5 Å². The molecule has 1 aliphatic rings. The molecule has 228 valence electrons. The van der Waals surface area contributed by atoms with E-state index in [0.717, 1.165) is 24.8 Å². The summed E-state index contributed by atoms with van der Waals surface area (Å²) in [5.74, 6) is 0.223. The lowest BCUT2D eigenvalue weighted by molar-refractivity contribution is -0.137. The third kappa shape index (κ3) is 7.56. The number of alkyl halides is 3. The zero-order valence-corrected chi connectivity index (χ0v) is 24.3. The number of nitrogens with two attached hydrogens (primary N) is 1. The van der Waals surface area contributed by atoms with Crippen LogP contribution in [0.1, 0.15) is 12.0 Å². The van der Waals surface area contributed by atoms with Gasteiger partial charge in [-0.25, -0.2) is 4.98 Å². The molecule has 1 aliphatic heterocycles. The smallest absolute Gasteiger partial charge is 0.421 e. The van der Waals surface area contributed by atoms with Gasteiger partial charge >= 0.3 is 6.18 Å². The number of hydrogen-bond donors (Lipinski definition) is 4. The number of anilines is 7. The van der Waals surface area contributed by atoms with Crippen molar-refractivity contribution >= 4 is 40.2 Å². The van der Waals surface area contributed by atoms with E-state index in [2.05, 4.69) is 25.9 Å². The summed E-state index contributed by atoms with van der Waals surface area (Å²) in [6.07, 6.45) is -3.11. The van der Waals surface area contributed by atoms with Crippen molar-refractivity contribution in [3.05, 3.63) is 42.1 Å². The molecule has 1 saturated heterocycles. The molecule has 14 heteroatoms. The zero-order valence-electron chi connectivity index (χ0n) is 24.3. The molecule has 0 aliphatic carbocycles. The van der Waals surface area contributed by atoms with Gasteiger partial charge in [-0.15, -0.1) is 0 Å². The van der Waals surface area contributed by atoms with Gasteiger partial charge < -0.3 is 45.7 Å². The van der Waals surface area contributed by atoms with Gasteiger partial charge in [-0.3, -0.25) is 0 Å². The van der Waals surface area contributed by atoms with Crippen LogP contribution in [0.4, 0.5) is 53.4 Å². The highest BCUT2D eigenvalue weighted by Crippen LogP contribution is 2.40. The number of benzene rings is 2. The minimum absolute atomic E-state index is 0.0688. The minimum Gasteiger partial charge on any atom is -0.494 e. The Hall–Kier alpha value is -4.17. The molecule has 1 aromatic heterocycles. The van der Waals surface area contributed by atoms with Crippen LogP contribution in [-0.2, 0) is 10.9 Å². The Morgan fingerprint density at radius 2 is 1.76 bits per heavy atom. The molecule has 5 N–H and O–H groups in total. The number of ether oxygens (including phenoxy) is 3. The van der Waals surface area contributed by atoms with Gasteiger partial charge in [0.1, 0.15) is 22.9 Å². The zero-order chi connectivity index (χ0) is 30.4. The van der Waals surface area contributed by atoms with Crippen LogP contribution in [0.3, 0.4) is 0 Å². The summed E-state index contributed by atoms with van der Waals surface area (Å²) in [5, 5.41) is 9.11. The molecule has 0 bridgehead atoms. The Kier molecular flexibility index (Phi) is 9.68. The highest BCUT2D eigenvalue weighted by Gasteiger charge is 2.36. The number of halogens is 3. The molecule has 0 radical (unpaired) electrons. The lowest BCUT2D eigenvalue weighted by Gasteiger charge is -2.25. The highest BCUT2D eigenvalue weighted by molar-refractivity contribution is 5.80. The van der Waals surface area contributed by atoms with Gasteiger partial charge in [0.2, 0.25) is 5.95 Å². The van der Waals surface area contributed by atoms with Crippen molar-refractivity contribution in [3.63, 3.8) is 0 Å². The van der Waals surface area contributed by atoms with E-state index in [9.17, 15) is 13.2 Å². The van der Waals surface area contributed by atoms with Crippen molar-refractivity contribution < 1.29 is 27.4 Å². The topological polar surface area (TPSA) is 122 Å². The first-order chi connectivity index (χ1) is 20.0. The standard InChI is InChI=1S/C28H37F3N8O3/c1-38(2)9-10-39(3)23-14-25(41-5)22(13-20(23)32)35-26-19(28(29,30)31)15-33-27(37-26)36-21-7-6-17(12-24(21)40-4)34-18-8-11-42-16-18/h6-7,12-15,18,34H,8-11,16,32H2,1-5H3,(H2,33,35,36,37). The number of nitrogen functional groups attached to an aromatic ring is 1. The first-order valence-electron chi connectivity index (χ1n) is 13.3. The Morgan fingerprint density at radius 3 is 2.40 bits per heavy atom. The molecule has 2 aromatic carbocycles. The summed E-state index contributed by atoms with van der Waals surface area (Å²) in [6.45, 7) is 2.78. The molecule has 1 atom stereocenters. The lowest BCUT2D eigenvalue weighted by atomic mass is 10.2. The van der Waals surface area contributed by atoms with E-state index in [0.29, 0.717) is 48.3 Å². The van der Waals surface area contributed by atoms with Crippen LogP contribution >= 0.6 is 0 Å². The number of likely N-dealkylation sites (N-methyl/N-ethyl adjacent to an activating group) is 2. The molecule has 3 aromatic rings. The van der Waals surface area contributed by atoms with E-state index in [4.69, 9.17) is 19.9 Å². The maximum atomic E-state index is 14.0. The summed E-state index contributed by atoms with van der Waals surface area (Å²) in [7, 11) is 8.74. The van der Waals surface area contributed by atoms with Gasteiger partial charge in [-0.05, 0) is 38.7 Å². The molecule has 2 heterocycles. The Balaban J connectivity index is 1.62. The summed E-state index contributed by atoms with van der Waals surface area (Å²) in [4.78, 5) is 12.1. The van der Waals surface area contributed by atoms with Crippen molar-refractivity contribution in [2.45, 2.75) is 18.6 Å². The quantitative estimate of drug-likeness (QED) is 0.218. The second-order valence-corrected chi connectivity index (χ2v) is 10.2. The van der Waals surface area contributed by atoms with Crippen LogP contribution in [0.25, 0.3) is 0 Å². The summed E-state index contributed by atoms with van der Waals surface area (Å²) >= 11 is 0. The first-order valence-corrected chi connectivity index (χ1v) is 13.3. The molecule has 0 spiro atoms. The second kappa shape index (κ2) is 13.2. The van der Waals surface area contributed by atoms with Crippen molar-refractivity contribution in [1.29, 1.82) is 0 Å². The summed E-state index contributed by atoms with van der Waals surface area (Å²) < 4.78 is 58.4. The van der Waals surface area contributed by atoms with Gasteiger partial charge in [-0.1, -0.05) is 0 Å². The number of rotatable bonds is 12. The van der Waals surface area contributed by atoms with Crippen molar-refractivity contribution in [2.24, 2.45) is 0 Å². The highest BCUT2D eigenvalue weighted by atomic mass is 19.4. The third-order valence-electron chi connectivity index (χ3n) is 6.74. The molecule has 1 unspecified atom stereocenters. The van der Waals surface area contributed by atoms with Gasteiger partial charge in [0.25, 0.3) is 0 Å². The average Bonchev–Trinajstić information content (AvgIpc) is 3.45. The third-order valence-corrected chi connectivity index (χ3v) is 6.74. The van der Waals surface area contributed by atoms with Gasteiger partial charge in [0.15, 0.2) is 0 Å². The molecule has 42 heavy (non-hydrogen) atoms. The molecular weight excluding hydrogens is 553 g/mol. The number of nitrogens with zero attached hydrogens (tertiary/aromatic N) is 4. The van der Waals surface area contributed by atoms with Crippen molar-refractivity contribution in [3.8, 4) is 11.5 Å². The predicted molar refractivity (Wildman–Crippen MR) is 159 cm³/mol. The van der Waals surface area contributed by atoms with E-state index in [1.165, 1.54) is 20.3 Å². The molecule has 4 rings (SSSR count). The normalized spacial score (nSPS) is 15.0. The Labute approximate surface area is 243 Å². The molecule has 0 amide bonds. The molecule has 1 fully saturated rings. The monoisotopic (exact) mass is 590 g/mol. The average molecular weight is 591 g/mol. The van der Waals surface area contributed by atoms with Crippen LogP contribution in [-0.4, -0.2) is 82.6 Å². The maximum Gasteiger partial charge on any atom is 0.421 e. The predicted octanol–water partition coefficient (Wildman–Crippen LogP) is 4.78. The van der Waals surface area contributed by atoms with Gasteiger partial charge in [0.05, 0.1) is 49.6 Å². The van der Waals surface area contributed by atoms with E-state index in [-0.39, 0.29) is 17.7 Å². The number of aromatic nitrogens is 2. The first kappa shape index (κ1) is 30.8. The van der Waals surface area contributed by atoms with Crippen LogP contribution < -0.4 is 36.1 Å². The Bertz CT molecular complexity index is 1370. The van der Waals surface area contributed by atoms with E-state index < -0.39 is 17.6 Å². The lowest BCUT2D eigenvalue weighted by Crippen LogP contribution is -2.29. The summed E-state index contributed by atoms with van der Waals surface area (Å²) in [6, 6.07) is 8.75. The van der Waals surface area contributed by atoms with E-state index >= 15 is 0 Å². The fourth-order valence-corrected chi connectivity index (χ4v) is 4.41. The molecule has 0 saturated carbocycles. The fourth-order valence-electron chi connectivity index (χ4n) is 4.41. The van der Waals surface area contributed by atoms with E-state index in [1.807, 2.05) is 37.0 Å². The maximum absolute atomic E-state index is 14.0. The number of hydrogen-bond acceptors (Lipinski definition) is 11. The SMILES string of the molecule is COc1cc(NC2CCOC2)ccc1Nc1ncc(C(F)(F)F)c(Nc2cc(N)c(N(C)CCN(C)C)cc2OC)n1. The van der Waals surface area contributed by atoms with Crippen molar-refractivity contribution in [1.82, 2.24) is 14.9 Å². The van der Waals surface area contributed by atoms with E-state index in [1.54, 1.807) is 18.2 Å². The van der Waals surface area contributed by atoms with Crippen molar-refractivity contribution in [2.75, 3.05) is 88.2 Å². The molecular formula is C28H37F3N8O3. The van der Waals surface area contributed by atoms with Crippen LogP contribution in [0, 0.1) is 0 Å². The number of nitrogens with one attached hydrogen (secondary N) is 3. The second-order valence-electron chi connectivity index (χ2n) is 10.2. The van der Waals surface area contributed by atoms with Gasteiger partial charge in [-0.2, -0.15) is 18.2 Å². The van der Waals surface area contributed by atoms with Crippen LogP contribution in [0.5, 0.6) is 11.5 Å². The number of methoxy groups -OCH3 is 2. The molecule has 11 nitrogen and oxygen atoms in total. The van der Waals surface area contributed by atoms with Gasteiger partial charge in [0, 0.05) is 50.8 Å². The minimum atomic E-state index is -4.72. The largest absolute Gasteiger partial charge is 0.494 e. The summed E-state index contributed by atoms with van der Waals surface area (Å²) in [5.41, 5.74) is 7.83.